The third kappa shape index (κ3) is 3.96. The van der Waals surface area contributed by atoms with Gasteiger partial charge in [-0.15, -0.1) is 12.4 Å². The summed E-state index contributed by atoms with van der Waals surface area (Å²) < 4.78 is 4.69. The van der Waals surface area contributed by atoms with E-state index in [1.807, 2.05) is 0 Å². The highest BCUT2D eigenvalue weighted by Crippen LogP contribution is 2.21. The summed E-state index contributed by atoms with van der Waals surface area (Å²) in [5.41, 5.74) is 6.28. The van der Waals surface area contributed by atoms with Gasteiger partial charge in [-0.05, 0) is 25.0 Å². The van der Waals surface area contributed by atoms with Crippen molar-refractivity contribution < 1.29 is 9.53 Å². The molecule has 106 valence electrons. The average molecular weight is 306 g/mol. The van der Waals surface area contributed by atoms with Crippen molar-refractivity contribution in [3.05, 3.63) is 22.8 Å². The SMILES string of the molecule is COC(=O)c1cc(Cl)nc(N2CCC(N)CC2)c1.Cl. The van der Waals surface area contributed by atoms with E-state index in [1.54, 1.807) is 6.07 Å². The lowest BCUT2D eigenvalue weighted by Gasteiger charge is -2.31. The molecule has 1 saturated heterocycles. The quantitative estimate of drug-likeness (QED) is 0.667. The number of nitrogens with two attached hydrogens (primary N) is 1. The van der Waals surface area contributed by atoms with Crippen molar-refractivity contribution in [3.63, 3.8) is 0 Å². The molecule has 0 bridgehead atoms. The lowest BCUT2D eigenvalue weighted by molar-refractivity contribution is 0.0600. The maximum Gasteiger partial charge on any atom is 0.338 e. The molecule has 19 heavy (non-hydrogen) atoms. The summed E-state index contributed by atoms with van der Waals surface area (Å²) in [6, 6.07) is 3.46. The molecule has 0 radical (unpaired) electrons. The predicted molar refractivity (Wildman–Crippen MR) is 77.3 cm³/mol. The van der Waals surface area contributed by atoms with Gasteiger partial charge in [-0.2, -0.15) is 0 Å². The molecule has 1 aromatic rings. The van der Waals surface area contributed by atoms with Gasteiger partial charge < -0.3 is 15.4 Å². The van der Waals surface area contributed by atoms with Crippen molar-refractivity contribution >= 4 is 35.8 Å². The maximum atomic E-state index is 11.5. The fourth-order valence-electron chi connectivity index (χ4n) is 2.01. The van der Waals surface area contributed by atoms with Gasteiger partial charge in [-0.25, -0.2) is 9.78 Å². The Bertz CT molecular complexity index is 449. The monoisotopic (exact) mass is 305 g/mol. The number of nitrogens with zero attached hydrogens (tertiary/aromatic N) is 2. The Morgan fingerprint density at radius 1 is 1.47 bits per heavy atom. The van der Waals surface area contributed by atoms with Gasteiger partial charge in [-0.3, -0.25) is 0 Å². The lowest BCUT2D eigenvalue weighted by atomic mass is 10.1. The first-order valence-corrected chi connectivity index (χ1v) is 6.24. The zero-order valence-electron chi connectivity index (χ0n) is 10.6. The molecule has 0 saturated carbocycles. The minimum absolute atomic E-state index is 0. The second-order valence-electron chi connectivity index (χ2n) is 4.35. The summed E-state index contributed by atoms with van der Waals surface area (Å²) in [5.74, 6) is 0.295. The van der Waals surface area contributed by atoms with E-state index in [-0.39, 0.29) is 18.4 Å². The summed E-state index contributed by atoms with van der Waals surface area (Å²) in [4.78, 5) is 17.8. The van der Waals surface area contributed by atoms with E-state index in [1.165, 1.54) is 13.2 Å². The maximum absolute atomic E-state index is 11.5. The first-order chi connectivity index (χ1) is 8.60. The second-order valence-corrected chi connectivity index (χ2v) is 4.74. The first kappa shape index (κ1) is 16.0. The molecule has 0 unspecified atom stereocenters. The average Bonchev–Trinajstić information content (AvgIpc) is 2.38. The highest BCUT2D eigenvalue weighted by Gasteiger charge is 2.19. The van der Waals surface area contributed by atoms with E-state index >= 15 is 0 Å². The van der Waals surface area contributed by atoms with Crippen LogP contribution in [0.15, 0.2) is 12.1 Å². The molecular formula is C12H17Cl2N3O2. The van der Waals surface area contributed by atoms with Gasteiger partial charge in [0.1, 0.15) is 11.0 Å². The van der Waals surface area contributed by atoms with Crippen molar-refractivity contribution in [3.8, 4) is 0 Å². The molecule has 1 aliphatic rings. The van der Waals surface area contributed by atoms with E-state index in [0.29, 0.717) is 16.5 Å². The van der Waals surface area contributed by atoms with Crippen molar-refractivity contribution in [1.82, 2.24) is 4.98 Å². The topological polar surface area (TPSA) is 68.5 Å². The van der Waals surface area contributed by atoms with E-state index in [2.05, 4.69) is 14.6 Å². The van der Waals surface area contributed by atoms with Gasteiger partial charge in [0, 0.05) is 19.1 Å². The molecule has 0 amide bonds. The third-order valence-electron chi connectivity index (χ3n) is 3.07. The van der Waals surface area contributed by atoms with Crippen LogP contribution < -0.4 is 10.6 Å². The number of methoxy groups -OCH3 is 1. The predicted octanol–water partition coefficient (Wildman–Crippen LogP) is 1.87. The first-order valence-electron chi connectivity index (χ1n) is 5.86. The zero-order valence-corrected chi connectivity index (χ0v) is 12.2. The Labute approximate surface area is 123 Å². The van der Waals surface area contributed by atoms with Gasteiger partial charge in [0.05, 0.1) is 12.7 Å². The van der Waals surface area contributed by atoms with Crippen LogP contribution in [-0.4, -0.2) is 37.2 Å². The van der Waals surface area contributed by atoms with Crippen LogP contribution in [0.1, 0.15) is 23.2 Å². The molecule has 1 fully saturated rings. The number of piperidine rings is 1. The molecule has 1 aliphatic heterocycles. The Hall–Kier alpha value is -1.04. The third-order valence-corrected chi connectivity index (χ3v) is 3.26. The minimum atomic E-state index is -0.408. The second kappa shape index (κ2) is 6.93. The number of carbonyl (C=O) groups excluding carboxylic acids is 1. The normalized spacial score (nSPS) is 15.8. The van der Waals surface area contributed by atoms with Gasteiger partial charge in [0.15, 0.2) is 0 Å². The summed E-state index contributed by atoms with van der Waals surface area (Å²) in [6.45, 7) is 1.66. The standard InChI is InChI=1S/C12H16ClN3O2.ClH/c1-18-12(17)8-6-10(13)15-11(7-8)16-4-2-9(14)3-5-16;/h6-7,9H,2-5,14H2,1H3;1H. The molecule has 1 aromatic heterocycles. The van der Waals surface area contributed by atoms with E-state index < -0.39 is 5.97 Å². The van der Waals surface area contributed by atoms with Crippen LogP contribution in [0.5, 0.6) is 0 Å². The van der Waals surface area contributed by atoms with Crippen LogP contribution in [-0.2, 0) is 4.74 Å². The van der Waals surface area contributed by atoms with Crippen LogP contribution in [0.25, 0.3) is 0 Å². The molecule has 0 aromatic carbocycles. The van der Waals surface area contributed by atoms with Crippen LogP contribution in [0.4, 0.5) is 5.82 Å². The van der Waals surface area contributed by atoms with Crippen molar-refractivity contribution in [2.75, 3.05) is 25.1 Å². The molecule has 0 atom stereocenters. The highest BCUT2D eigenvalue weighted by atomic mass is 35.5. The highest BCUT2D eigenvalue weighted by molar-refractivity contribution is 6.29. The number of pyridine rings is 1. The summed E-state index contributed by atoms with van der Waals surface area (Å²) in [5, 5.41) is 0.294. The Morgan fingerprint density at radius 2 is 2.11 bits per heavy atom. The fourth-order valence-corrected chi connectivity index (χ4v) is 2.21. The Kier molecular flexibility index (Phi) is 5.85. The van der Waals surface area contributed by atoms with Crippen LogP contribution >= 0.6 is 24.0 Å². The lowest BCUT2D eigenvalue weighted by Crippen LogP contribution is -2.40. The molecule has 2 heterocycles. The van der Waals surface area contributed by atoms with E-state index in [0.717, 1.165) is 25.9 Å². The zero-order chi connectivity index (χ0) is 13.1. The van der Waals surface area contributed by atoms with Crippen LogP contribution in [0, 0.1) is 0 Å². The van der Waals surface area contributed by atoms with Gasteiger partial charge in [-0.1, -0.05) is 11.6 Å². The number of ether oxygens (including phenoxy) is 1. The number of anilines is 1. The van der Waals surface area contributed by atoms with Crippen molar-refractivity contribution in [2.24, 2.45) is 5.73 Å². The van der Waals surface area contributed by atoms with Gasteiger partial charge in [0.25, 0.3) is 0 Å². The Balaban J connectivity index is 0.00000180. The van der Waals surface area contributed by atoms with Gasteiger partial charge >= 0.3 is 5.97 Å². The number of hydrogen-bond acceptors (Lipinski definition) is 5. The smallest absolute Gasteiger partial charge is 0.338 e. The number of esters is 1. The minimum Gasteiger partial charge on any atom is -0.465 e. The van der Waals surface area contributed by atoms with Crippen LogP contribution in [0.3, 0.4) is 0 Å². The fraction of sp³-hybridized carbons (Fsp3) is 0.500. The molecular weight excluding hydrogens is 289 g/mol. The van der Waals surface area contributed by atoms with Crippen molar-refractivity contribution in [1.29, 1.82) is 0 Å². The van der Waals surface area contributed by atoms with Crippen LogP contribution in [0.2, 0.25) is 5.15 Å². The summed E-state index contributed by atoms with van der Waals surface area (Å²) in [6.07, 6.45) is 1.84. The largest absolute Gasteiger partial charge is 0.465 e. The summed E-state index contributed by atoms with van der Waals surface area (Å²) in [7, 11) is 1.34. The van der Waals surface area contributed by atoms with E-state index in [4.69, 9.17) is 17.3 Å². The number of aromatic nitrogens is 1. The molecule has 0 aliphatic carbocycles. The molecule has 2 rings (SSSR count). The van der Waals surface area contributed by atoms with Crippen molar-refractivity contribution in [2.45, 2.75) is 18.9 Å². The molecule has 0 spiro atoms. The number of halogens is 2. The van der Waals surface area contributed by atoms with Gasteiger partial charge in [0.2, 0.25) is 0 Å². The molecule has 2 N–H and O–H groups in total. The Morgan fingerprint density at radius 3 is 2.68 bits per heavy atom. The summed E-state index contributed by atoms with van der Waals surface area (Å²) >= 11 is 5.93. The molecule has 5 nitrogen and oxygen atoms in total. The number of hydrogen-bond donors (Lipinski definition) is 1. The number of rotatable bonds is 2. The number of carbonyl (C=O) groups is 1. The van der Waals surface area contributed by atoms with E-state index in [9.17, 15) is 4.79 Å². The molecule has 7 heteroatoms.